The fourth-order valence-electron chi connectivity index (χ4n) is 0.594. The molecule has 5 heteroatoms. The summed E-state index contributed by atoms with van der Waals surface area (Å²) >= 11 is 1.68. The Morgan fingerprint density at radius 2 is 2.45 bits per heavy atom. The summed E-state index contributed by atoms with van der Waals surface area (Å²) in [6, 6.07) is 1.81. The van der Waals surface area contributed by atoms with Gasteiger partial charge in [0.2, 0.25) is 0 Å². The van der Waals surface area contributed by atoms with Gasteiger partial charge in [-0.2, -0.15) is 10.2 Å². The normalized spacial score (nSPS) is 9.18. The number of nitrogens with one attached hydrogen (secondary N) is 1. The first-order chi connectivity index (χ1) is 5.29. The van der Waals surface area contributed by atoms with Crippen molar-refractivity contribution in [1.29, 1.82) is 0 Å². The molecule has 0 aliphatic carbocycles. The van der Waals surface area contributed by atoms with Crippen molar-refractivity contribution < 1.29 is 4.79 Å². The second kappa shape index (κ2) is 4.22. The molecule has 0 spiro atoms. The average Bonchev–Trinajstić information content (AvgIpc) is 2.03. The maximum Gasteiger partial charge on any atom is 0.280 e. The summed E-state index contributed by atoms with van der Waals surface area (Å²) < 4.78 is -0.0700. The standard InChI is InChI=1S/C6H6IN3O/c7-6(11)8-3-5-1-2-9-10-4-5/h1-2,4H,3H2,(H,8,11). The second-order valence-corrected chi connectivity index (χ2v) is 2.86. The fourth-order valence-corrected chi connectivity index (χ4v) is 0.785. The predicted molar refractivity (Wildman–Crippen MR) is 48.3 cm³/mol. The van der Waals surface area contributed by atoms with Gasteiger partial charge in [-0.1, -0.05) is 0 Å². The first-order valence-electron chi connectivity index (χ1n) is 2.98. The number of carbonyl (C=O) groups is 1. The molecule has 0 saturated carbocycles. The number of nitrogens with zero attached hydrogens (tertiary/aromatic N) is 2. The monoisotopic (exact) mass is 263 g/mol. The number of amides is 1. The van der Waals surface area contributed by atoms with Gasteiger partial charge in [-0.05, 0) is 11.6 Å². The molecule has 4 nitrogen and oxygen atoms in total. The van der Waals surface area contributed by atoms with Crippen molar-refractivity contribution >= 4 is 26.5 Å². The minimum atomic E-state index is -0.0700. The van der Waals surface area contributed by atoms with Crippen LogP contribution in [0.5, 0.6) is 0 Å². The molecule has 0 bridgehead atoms. The average molecular weight is 263 g/mol. The highest BCUT2D eigenvalue weighted by atomic mass is 127. The quantitative estimate of drug-likeness (QED) is 0.494. The van der Waals surface area contributed by atoms with Crippen molar-refractivity contribution in [3.05, 3.63) is 24.0 Å². The van der Waals surface area contributed by atoms with E-state index in [0.717, 1.165) is 5.56 Å². The highest BCUT2D eigenvalue weighted by molar-refractivity contribution is 14.1. The molecule has 0 unspecified atom stereocenters. The van der Waals surface area contributed by atoms with Crippen LogP contribution in [0.4, 0.5) is 4.79 Å². The zero-order valence-electron chi connectivity index (χ0n) is 5.62. The van der Waals surface area contributed by atoms with E-state index >= 15 is 0 Å². The van der Waals surface area contributed by atoms with Gasteiger partial charge in [-0.25, -0.2) is 0 Å². The van der Waals surface area contributed by atoms with Crippen molar-refractivity contribution in [3.63, 3.8) is 0 Å². The van der Waals surface area contributed by atoms with E-state index in [-0.39, 0.29) is 3.91 Å². The molecule has 1 aromatic heterocycles. The lowest BCUT2D eigenvalue weighted by molar-refractivity contribution is 0.262. The Hall–Kier alpha value is -0.720. The Kier molecular flexibility index (Phi) is 3.21. The van der Waals surface area contributed by atoms with Crippen LogP contribution in [-0.4, -0.2) is 14.1 Å². The van der Waals surface area contributed by atoms with Crippen LogP contribution in [0.25, 0.3) is 0 Å². The molecular formula is C6H6IN3O. The molecule has 0 atom stereocenters. The lowest BCUT2D eigenvalue weighted by atomic mass is 10.3. The summed E-state index contributed by atoms with van der Waals surface area (Å²) in [5.41, 5.74) is 0.949. The summed E-state index contributed by atoms with van der Waals surface area (Å²) in [5, 5.41) is 9.91. The fraction of sp³-hybridized carbons (Fsp3) is 0.167. The summed E-state index contributed by atoms with van der Waals surface area (Å²) in [7, 11) is 0. The molecule has 1 N–H and O–H groups in total. The van der Waals surface area contributed by atoms with Crippen molar-refractivity contribution in [2.45, 2.75) is 6.54 Å². The topological polar surface area (TPSA) is 54.9 Å². The Labute approximate surface area is 77.5 Å². The van der Waals surface area contributed by atoms with Crippen LogP contribution in [0.2, 0.25) is 0 Å². The van der Waals surface area contributed by atoms with Gasteiger partial charge in [0, 0.05) is 35.3 Å². The highest BCUT2D eigenvalue weighted by Gasteiger charge is 1.93. The summed E-state index contributed by atoms with van der Waals surface area (Å²) in [6.45, 7) is 0.511. The Morgan fingerprint density at radius 3 is 3.00 bits per heavy atom. The van der Waals surface area contributed by atoms with Gasteiger partial charge >= 0.3 is 0 Å². The van der Waals surface area contributed by atoms with E-state index in [9.17, 15) is 4.79 Å². The van der Waals surface area contributed by atoms with E-state index in [1.54, 1.807) is 41.1 Å². The SMILES string of the molecule is O=C(I)NCc1ccnnc1. The maximum atomic E-state index is 10.5. The zero-order valence-corrected chi connectivity index (χ0v) is 7.78. The first kappa shape index (κ1) is 8.38. The predicted octanol–water partition coefficient (Wildman–Crippen LogP) is 1.12. The van der Waals surface area contributed by atoms with Crippen molar-refractivity contribution in [3.8, 4) is 0 Å². The molecule has 0 radical (unpaired) electrons. The third-order valence-electron chi connectivity index (χ3n) is 1.08. The number of aromatic nitrogens is 2. The van der Waals surface area contributed by atoms with E-state index in [0.29, 0.717) is 6.54 Å². The van der Waals surface area contributed by atoms with Crippen molar-refractivity contribution in [1.82, 2.24) is 15.5 Å². The van der Waals surface area contributed by atoms with E-state index in [2.05, 4.69) is 15.5 Å². The number of halogens is 1. The van der Waals surface area contributed by atoms with Gasteiger partial charge in [-0.3, -0.25) is 4.79 Å². The molecule has 1 rings (SSSR count). The lowest BCUT2D eigenvalue weighted by Gasteiger charge is -1.98. The van der Waals surface area contributed by atoms with Gasteiger partial charge in [0.05, 0.1) is 6.20 Å². The van der Waals surface area contributed by atoms with E-state index in [1.807, 2.05) is 0 Å². The zero-order chi connectivity index (χ0) is 8.10. The first-order valence-corrected chi connectivity index (χ1v) is 4.06. The molecule has 0 aromatic carbocycles. The third kappa shape index (κ3) is 3.26. The molecule has 58 valence electrons. The molecule has 1 amide bonds. The smallest absolute Gasteiger partial charge is 0.280 e. The largest absolute Gasteiger partial charge is 0.343 e. The molecular weight excluding hydrogens is 257 g/mol. The molecule has 0 aliphatic heterocycles. The van der Waals surface area contributed by atoms with Crippen LogP contribution in [0.3, 0.4) is 0 Å². The molecule has 0 saturated heterocycles. The van der Waals surface area contributed by atoms with Crippen molar-refractivity contribution in [2.24, 2.45) is 0 Å². The van der Waals surface area contributed by atoms with Gasteiger partial charge < -0.3 is 5.32 Å². The van der Waals surface area contributed by atoms with Crippen LogP contribution in [0.1, 0.15) is 5.56 Å². The minimum Gasteiger partial charge on any atom is -0.343 e. The van der Waals surface area contributed by atoms with Crippen LogP contribution in [0, 0.1) is 0 Å². The van der Waals surface area contributed by atoms with Gasteiger partial charge in [-0.15, -0.1) is 0 Å². The van der Waals surface area contributed by atoms with Crippen LogP contribution in [-0.2, 0) is 6.54 Å². The second-order valence-electron chi connectivity index (χ2n) is 1.88. The van der Waals surface area contributed by atoms with E-state index in [1.165, 1.54) is 0 Å². The molecule has 0 fully saturated rings. The number of rotatable bonds is 2. The molecule has 0 aliphatic rings. The number of hydrogen-bond acceptors (Lipinski definition) is 3. The van der Waals surface area contributed by atoms with Gasteiger partial charge in [0.1, 0.15) is 0 Å². The minimum absolute atomic E-state index is 0.0700. The van der Waals surface area contributed by atoms with E-state index < -0.39 is 0 Å². The van der Waals surface area contributed by atoms with Crippen molar-refractivity contribution in [2.75, 3.05) is 0 Å². The lowest BCUT2D eigenvalue weighted by Crippen LogP contribution is -2.14. The number of hydrogen-bond donors (Lipinski definition) is 1. The summed E-state index contributed by atoms with van der Waals surface area (Å²) in [6.07, 6.45) is 3.21. The highest BCUT2D eigenvalue weighted by Crippen LogP contribution is 1.93. The van der Waals surface area contributed by atoms with Crippen LogP contribution >= 0.6 is 22.6 Å². The Morgan fingerprint density at radius 1 is 1.64 bits per heavy atom. The molecule has 11 heavy (non-hydrogen) atoms. The van der Waals surface area contributed by atoms with Gasteiger partial charge in [0.15, 0.2) is 0 Å². The van der Waals surface area contributed by atoms with Gasteiger partial charge in [0.25, 0.3) is 3.91 Å². The number of carbonyl (C=O) groups excluding carboxylic acids is 1. The van der Waals surface area contributed by atoms with Crippen LogP contribution in [0.15, 0.2) is 18.5 Å². The Bertz CT molecular complexity index is 239. The summed E-state index contributed by atoms with van der Waals surface area (Å²) in [4.78, 5) is 10.5. The maximum absolute atomic E-state index is 10.5. The van der Waals surface area contributed by atoms with Crippen LogP contribution < -0.4 is 5.32 Å². The van der Waals surface area contributed by atoms with E-state index in [4.69, 9.17) is 0 Å². The third-order valence-corrected chi connectivity index (χ3v) is 1.46. The molecule has 1 aromatic rings. The molecule has 1 heterocycles. The Balaban J connectivity index is 2.45. The summed E-state index contributed by atoms with van der Waals surface area (Å²) in [5.74, 6) is 0.